The quantitative estimate of drug-likeness (QED) is 0.703. The summed E-state index contributed by atoms with van der Waals surface area (Å²) in [7, 11) is 0. The SMILES string of the molecule is C[C@@]1(c2cc3ccccc3o2)C[C@H]1C#N. The van der Waals surface area contributed by atoms with Crippen molar-refractivity contribution in [3.8, 4) is 6.07 Å². The van der Waals surface area contributed by atoms with Crippen molar-refractivity contribution in [2.24, 2.45) is 5.92 Å². The second kappa shape index (κ2) is 2.64. The molecule has 0 aliphatic heterocycles. The molecule has 0 spiro atoms. The van der Waals surface area contributed by atoms with Crippen LogP contribution < -0.4 is 0 Å². The van der Waals surface area contributed by atoms with Crippen molar-refractivity contribution < 1.29 is 4.42 Å². The Balaban J connectivity index is 2.11. The summed E-state index contributed by atoms with van der Waals surface area (Å²) in [4.78, 5) is 0. The molecule has 1 aromatic carbocycles. The van der Waals surface area contributed by atoms with E-state index in [0.29, 0.717) is 0 Å². The predicted octanol–water partition coefficient (Wildman–Crippen LogP) is 3.23. The van der Waals surface area contributed by atoms with E-state index in [1.165, 1.54) is 0 Å². The van der Waals surface area contributed by atoms with Gasteiger partial charge in [-0.25, -0.2) is 0 Å². The van der Waals surface area contributed by atoms with Crippen molar-refractivity contribution in [2.75, 3.05) is 0 Å². The molecule has 0 unspecified atom stereocenters. The molecule has 1 aliphatic rings. The maximum atomic E-state index is 8.89. The van der Waals surface area contributed by atoms with Gasteiger partial charge in [0.1, 0.15) is 11.3 Å². The van der Waals surface area contributed by atoms with Crippen molar-refractivity contribution in [1.82, 2.24) is 0 Å². The largest absolute Gasteiger partial charge is 0.460 e. The lowest BCUT2D eigenvalue weighted by Crippen LogP contribution is -2.00. The summed E-state index contributed by atoms with van der Waals surface area (Å²) in [6, 6.07) is 12.3. The van der Waals surface area contributed by atoms with Crippen molar-refractivity contribution in [3.63, 3.8) is 0 Å². The van der Waals surface area contributed by atoms with E-state index in [9.17, 15) is 0 Å². The Morgan fingerprint density at radius 1 is 1.47 bits per heavy atom. The number of nitrogens with zero attached hydrogens (tertiary/aromatic N) is 1. The Morgan fingerprint density at radius 3 is 2.93 bits per heavy atom. The molecular weight excluding hydrogens is 186 g/mol. The van der Waals surface area contributed by atoms with Crippen LogP contribution in [0.5, 0.6) is 0 Å². The number of rotatable bonds is 1. The van der Waals surface area contributed by atoms with Crippen LogP contribution in [0.4, 0.5) is 0 Å². The van der Waals surface area contributed by atoms with Gasteiger partial charge in [-0.1, -0.05) is 25.1 Å². The van der Waals surface area contributed by atoms with Gasteiger partial charge in [-0.15, -0.1) is 0 Å². The highest BCUT2D eigenvalue weighted by Crippen LogP contribution is 2.54. The summed E-state index contributed by atoms with van der Waals surface area (Å²) in [6.45, 7) is 2.10. The third kappa shape index (κ3) is 1.10. The molecule has 0 bridgehead atoms. The first-order valence-electron chi connectivity index (χ1n) is 5.13. The van der Waals surface area contributed by atoms with Crippen LogP contribution >= 0.6 is 0 Å². The summed E-state index contributed by atoms with van der Waals surface area (Å²) in [5.41, 5.74) is 0.866. The summed E-state index contributed by atoms with van der Waals surface area (Å²) in [5, 5.41) is 10.0. The van der Waals surface area contributed by atoms with Crippen LogP contribution in [0.2, 0.25) is 0 Å². The number of para-hydroxylation sites is 1. The minimum absolute atomic E-state index is 0.0478. The molecule has 2 aromatic rings. The Morgan fingerprint density at radius 2 is 2.27 bits per heavy atom. The Bertz CT molecular complexity index is 530. The van der Waals surface area contributed by atoms with Crippen LogP contribution in [0.1, 0.15) is 19.1 Å². The number of furan rings is 1. The molecule has 0 amide bonds. The molecule has 0 saturated heterocycles. The number of hydrogen-bond donors (Lipinski definition) is 0. The van der Waals surface area contributed by atoms with Gasteiger partial charge in [0.25, 0.3) is 0 Å². The Labute approximate surface area is 88.1 Å². The summed E-state index contributed by atoms with van der Waals surface area (Å²) >= 11 is 0. The molecule has 1 saturated carbocycles. The number of fused-ring (bicyclic) bond motifs is 1. The average molecular weight is 197 g/mol. The first kappa shape index (κ1) is 8.55. The third-order valence-electron chi connectivity index (χ3n) is 3.38. The second-order valence-electron chi connectivity index (χ2n) is 4.45. The maximum Gasteiger partial charge on any atom is 0.134 e. The fraction of sp³-hybridized carbons (Fsp3) is 0.308. The van der Waals surface area contributed by atoms with Crippen LogP contribution in [-0.2, 0) is 5.41 Å². The first-order chi connectivity index (χ1) is 7.24. The number of hydrogen-bond acceptors (Lipinski definition) is 2. The Kier molecular flexibility index (Phi) is 1.50. The topological polar surface area (TPSA) is 36.9 Å². The average Bonchev–Trinajstić information content (AvgIpc) is 2.76. The minimum atomic E-state index is -0.0478. The van der Waals surface area contributed by atoms with E-state index in [1.807, 2.05) is 24.3 Å². The summed E-state index contributed by atoms with van der Waals surface area (Å²) in [5.74, 6) is 1.08. The van der Waals surface area contributed by atoms with Gasteiger partial charge in [0.05, 0.1) is 12.0 Å². The zero-order valence-corrected chi connectivity index (χ0v) is 8.53. The van der Waals surface area contributed by atoms with Gasteiger partial charge in [-0.2, -0.15) is 5.26 Å². The van der Waals surface area contributed by atoms with E-state index in [-0.39, 0.29) is 11.3 Å². The van der Waals surface area contributed by atoms with E-state index < -0.39 is 0 Å². The predicted molar refractivity (Wildman–Crippen MR) is 57.3 cm³/mol. The third-order valence-corrected chi connectivity index (χ3v) is 3.38. The minimum Gasteiger partial charge on any atom is -0.460 e. The highest BCUT2D eigenvalue weighted by atomic mass is 16.3. The van der Waals surface area contributed by atoms with Crippen molar-refractivity contribution in [2.45, 2.75) is 18.8 Å². The van der Waals surface area contributed by atoms with Gasteiger partial charge in [-0.05, 0) is 18.6 Å². The van der Waals surface area contributed by atoms with E-state index >= 15 is 0 Å². The molecule has 3 rings (SSSR count). The molecule has 2 nitrogen and oxygen atoms in total. The van der Waals surface area contributed by atoms with Crippen LogP contribution in [0, 0.1) is 17.2 Å². The van der Waals surface area contributed by atoms with E-state index in [1.54, 1.807) is 0 Å². The maximum absolute atomic E-state index is 8.89. The molecule has 15 heavy (non-hydrogen) atoms. The summed E-state index contributed by atoms with van der Waals surface area (Å²) < 4.78 is 5.78. The Hall–Kier alpha value is -1.75. The van der Waals surface area contributed by atoms with Gasteiger partial charge in [0.15, 0.2) is 0 Å². The molecule has 74 valence electrons. The number of benzene rings is 1. The lowest BCUT2D eigenvalue weighted by atomic mass is 10.0. The summed E-state index contributed by atoms with van der Waals surface area (Å²) in [6.07, 6.45) is 0.920. The molecule has 1 aliphatic carbocycles. The standard InChI is InChI=1S/C13H11NO/c1-13(7-10(13)8-14)12-6-9-4-2-3-5-11(9)15-12/h2-6,10H,7H2,1H3/t10-,13+/m0/s1. The smallest absolute Gasteiger partial charge is 0.134 e. The van der Waals surface area contributed by atoms with E-state index in [4.69, 9.17) is 9.68 Å². The van der Waals surface area contributed by atoms with Crippen LogP contribution in [0.25, 0.3) is 11.0 Å². The van der Waals surface area contributed by atoms with Gasteiger partial charge in [0.2, 0.25) is 0 Å². The normalized spacial score (nSPS) is 28.9. The number of nitriles is 1. The van der Waals surface area contributed by atoms with Crippen LogP contribution in [-0.4, -0.2) is 0 Å². The van der Waals surface area contributed by atoms with Crippen LogP contribution in [0.3, 0.4) is 0 Å². The van der Waals surface area contributed by atoms with Crippen molar-refractivity contribution in [3.05, 3.63) is 36.1 Å². The second-order valence-corrected chi connectivity index (χ2v) is 4.45. The fourth-order valence-electron chi connectivity index (χ4n) is 2.09. The molecule has 2 heteroatoms. The molecular formula is C13H11NO. The van der Waals surface area contributed by atoms with Gasteiger partial charge in [-0.3, -0.25) is 0 Å². The first-order valence-corrected chi connectivity index (χ1v) is 5.13. The lowest BCUT2D eigenvalue weighted by molar-refractivity contribution is 0.488. The highest BCUT2D eigenvalue weighted by molar-refractivity contribution is 5.78. The van der Waals surface area contributed by atoms with Crippen LogP contribution in [0.15, 0.2) is 34.7 Å². The zero-order chi connectivity index (χ0) is 10.5. The molecule has 1 aromatic heterocycles. The molecule has 1 heterocycles. The van der Waals surface area contributed by atoms with Crippen molar-refractivity contribution in [1.29, 1.82) is 5.26 Å². The molecule has 0 N–H and O–H groups in total. The monoisotopic (exact) mass is 197 g/mol. The molecule has 0 radical (unpaired) electrons. The molecule has 2 atom stereocenters. The zero-order valence-electron chi connectivity index (χ0n) is 8.53. The lowest BCUT2D eigenvalue weighted by Gasteiger charge is -2.02. The van der Waals surface area contributed by atoms with Gasteiger partial charge < -0.3 is 4.42 Å². The van der Waals surface area contributed by atoms with Crippen molar-refractivity contribution >= 4 is 11.0 Å². The van der Waals surface area contributed by atoms with Gasteiger partial charge in [0, 0.05) is 10.8 Å². The van der Waals surface area contributed by atoms with Gasteiger partial charge >= 0.3 is 0 Å². The van der Waals surface area contributed by atoms with E-state index in [2.05, 4.69) is 19.1 Å². The van der Waals surface area contributed by atoms with E-state index in [0.717, 1.165) is 23.2 Å². The molecule has 1 fully saturated rings. The fourth-order valence-corrected chi connectivity index (χ4v) is 2.09. The highest BCUT2D eigenvalue weighted by Gasteiger charge is 2.54.